The molecule has 0 aliphatic carbocycles. The van der Waals surface area contributed by atoms with Crippen molar-refractivity contribution < 1.29 is 19.4 Å². The first-order valence-electron chi connectivity index (χ1n) is 7.32. The summed E-state index contributed by atoms with van der Waals surface area (Å²) in [6.07, 6.45) is 0.455. The lowest BCUT2D eigenvalue weighted by Crippen LogP contribution is -2.30. The Labute approximate surface area is 129 Å². The van der Waals surface area contributed by atoms with Gasteiger partial charge in [-0.2, -0.15) is 0 Å². The van der Waals surface area contributed by atoms with E-state index < -0.39 is 12.1 Å². The Morgan fingerprint density at radius 3 is 2.77 bits per heavy atom. The number of aryl methyl sites for hydroxylation is 2. The van der Waals surface area contributed by atoms with Gasteiger partial charge in [-0.25, -0.2) is 4.79 Å². The molecule has 4 nitrogen and oxygen atoms in total. The molecule has 4 heteroatoms. The summed E-state index contributed by atoms with van der Waals surface area (Å²) in [4.78, 5) is 11.0. The van der Waals surface area contributed by atoms with E-state index in [1.54, 1.807) is 6.07 Å². The molecule has 0 saturated carbocycles. The lowest BCUT2D eigenvalue weighted by atomic mass is 10.0. The molecule has 0 bridgehead atoms. The molecule has 2 aromatic carbocycles. The standard InChI is InChI=1S/C18H18O4/c1-12-2-4-13(5-3-12)11-21-15-8-6-14-7-9-16(18(19)20)22-17(14)10-15/h2-6,8,10,16H,7,9,11H2,1H3,(H,19,20). The maximum atomic E-state index is 11.0. The largest absolute Gasteiger partial charge is 0.489 e. The van der Waals surface area contributed by atoms with Gasteiger partial charge in [-0.15, -0.1) is 0 Å². The normalized spacial score (nSPS) is 16.5. The molecule has 1 N–H and O–H groups in total. The third kappa shape index (κ3) is 3.22. The Hall–Kier alpha value is -2.49. The fourth-order valence-corrected chi connectivity index (χ4v) is 2.46. The molecule has 1 aliphatic heterocycles. The lowest BCUT2D eigenvalue weighted by molar-refractivity contribution is -0.145. The van der Waals surface area contributed by atoms with Crippen molar-refractivity contribution in [2.75, 3.05) is 0 Å². The van der Waals surface area contributed by atoms with Gasteiger partial charge in [0.25, 0.3) is 0 Å². The van der Waals surface area contributed by atoms with E-state index in [1.165, 1.54) is 5.56 Å². The van der Waals surface area contributed by atoms with Gasteiger partial charge in [-0.05, 0) is 37.0 Å². The smallest absolute Gasteiger partial charge is 0.344 e. The van der Waals surface area contributed by atoms with E-state index >= 15 is 0 Å². The van der Waals surface area contributed by atoms with Crippen molar-refractivity contribution in [1.82, 2.24) is 0 Å². The zero-order valence-electron chi connectivity index (χ0n) is 12.4. The van der Waals surface area contributed by atoms with Crippen LogP contribution in [-0.2, 0) is 17.8 Å². The molecular formula is C18H18O4. The molecule has 1 atom stereocenters. The summed E-state index contributed by atoms with van der Waals surface area (Å²) >= 11 is 0. The van der Waals surface area contributed by atoms with E-state index in [4.69, 9.17) is 14.6 Å². The number of aliphatic carboxylic acids is 1. The molecule has 3 rings (SSSR count). The number of fused-ring (bicyclic) bond motifs is 1. The number of ether oxygens (including phenoxy) is 2. The Balaban J connectivity index is 1.69. The van der Waals surface area contributed by atoms with Crippen molar-refractivity contribution in [1.29, 1.82) is 0 Å². The van der Waals surface area contributed by atoms with Crippen molar-refractivity contribution in [3.05, 3.63) is 59.2 Å². The maximum absolute atomic E-state index is 11.0. The zero-order chi connectivity index (χ0) is 15.5. The zero-order valence-corrected chi connectivity index (χ0v) is 12.4. The van der Waals surface area contributed by atoms with Crippen LogP contribution in [0.1, 0.15) is 23.1 Å². The highest BCUT2D eigenvalue weighted by atomic mass is 16.5. The van der Waals surface area contributed by atoms with Gasteiger partial charge in [0.2, 0.25) is 0 Å². The highest BCUT2D eigenvalue weighted by Gasteiger charge is 2.25. The topological polar surface area (TPSA) is 55.8 Å². The van der Waals surface area contributed by atoms with Crippen LogP contribution in [-0.4, -0.2) is 17.2 Å². The monoisotopic (exact) mass is 298 g/mol. The minimum Gasteiger partial charge on any atom is -0.489 e. The van der Waals surface area contributed by atoms with Crippen molar-refractivity contribution in [2.45, 2.75) is 32.5 Å². The molecule has 0 spiro atoms. The maximum Gasteiger partial charge on any atom is 0.344 e. The van der Waals surface area contributed by atoms with E-state index in [0.29, 0.717) is 30.9 Å². The first-order chi connectivity index (χ1) is 10.6. The van der Waals surface area contributed by atoms with Crippen LogP contribution in [0.2, 0.25) is 0 Å². The van der Waals surface area contributed by atoms with E-state index in [2.05, 4.69) is 0 Å². The Bertz CT molecular complexity index is 676. The van der Waals surface area contributed by atoms with Crippen LogP contribution in [0.3, 0.4) is 0 Å². The minimum absolute atomic E-state index is 0.474. The Morgan fingerprint density at radius 2 is 2.05 bits per heavy atom. The van der Waals surface area contributed by atoms with Gasteiger partial charge in [0, 0.05) is 6.07 Å². The van der Waals surface area contributed by atoms with E-state index in [1.807, 2.05) is 43.3 Å². The number of benzene rings is 2. The molecular weight excluding hydrogens is 280 g/mol. The van der Waals surface area contributed by atoms with Crippen LogP contribution < -0.4 is 9.47 Å². The molecule has 0 fully saturated rings. The van der Waals surface area contributed by atoms with Gasteiger partial charge >= 0.3 is 5.97 Å². The first kappa shape index (κ1) is 14.4. The van der Waals surface area contributed by atoms with E-state index in [9.17, 15) is 4.79 Å². The van der Waals surface area contributed by atoms with Crippen LogP contribution in [0.4, 0.5) is 0 Å². The Kier molecular flexibility index (Phi) is 4.00. The van der Waals surface area contributed by atoms with Crippen molar-refractivity contribution >= 4 is 5.97 Å². The summed E-state index contributed by atoms with van der Waals surface area (Å²) in [6.45, 7) is 2.52. The number of hydrogen-bond donors (Lipinski definition) is 1. The summed E-state index contributed by atoms with van der Waals surface area (Å²) in [5, 5.41) is 9.05. The third-order valence-corrected chi connectivity index (χ3v) is 3.79. The predicted molar refractivity (Wildman–Crippen MR) is 82.3 cm³/mol. The number of carbonyl (C=O) groups is 1. The van der Waals surface area contributed by atoms with Gasteiger partial charge in [0.15, 0.2) is 6.10 Å². The second-order valence-electron chi connectivity index (χ2n) is 5.53. The van der Waals surface area contributed by atoms with Crippen LogP contribution >= 0.6 is 0 Å². The highest BCUT2D eigenvalue weighted by Crippen LogP contribution is 2.31. The molecule has 1 heterocycles. The fourth-order valence-electron chi connectivity index (χ4n) is 2.46. The van der Waals surface area contributed by atoms with Crippen LogP contribution in [0.25, 0.3) is 0 Å². The molecule has 22 heavy (non-hydrogen) atoms. The molecule has 0 amide bonds. The summed E-state index contributed by atoms with van der Waals surface area (Å²) in [5.74, 6) is 0.377. The molecule has 0 saturated heterocycles. The van der Waals surface area contributed by atoms with Gasteiger partial charge in [0.05, 0.1) is 0 Å². The lowest BCUT2D eigenvalue weighted by Gasteiger charge is -2.23. The molecule has 1 unspecified atom stereocenters. The SMILES string of the molecule is Cc1ccc(COc2ccc3c(c2)OC(C(=O)O)CC3)cc1. The quantitative estimate of drug-likeness (QED) is 0.940. The van der Waals surface area contributed by atoms with E-state index in [-0.39, 0.29) is 0 Å². The van der Waals surface area contributed by atoms with Gasteiger partial charge < -0.3 is 14.6 Å². The minimum atomic E-state index is -0.920. The average molecular weight is 298 g/mol. The molecule has 0 aromatic heterocycles. The Morgan fingerprint density at radius 1 is 1.27 bits per heavy atom. The molecule has 114 valence electrons. The second-order valence-corrected chi connectivity index (χ2v) is 5.53. The number of hydrogen-bond acceptors (Lipinski definition) is 3. The van der Waals surface area contributed by atoms with Gasteiger partial charge in [0.1, 0.15) is 18.1 Å². The van der Waals surface area contributed by atoms with Gasteiger partial charge in [-0.1, -0.05) is 35.9 Å². The van der Waals surface area contributed by atoms with Crippen LogP contribution in [0.15, 0.2) is 42.5 Å². The summed E-state index contributed by atoms with van der Waals surface area (Å²) in [6, 6.07) is 13.8. The average Bonchev–Trinajstić information content (AvgIpc) is 2.53. The fraction of sp³-hybridized carbons (Fsp3) is 0.278. The van der Waals surface area contributed by atoms with Crippen molar-refractivity contribution in [3.63, 3.8) is 0 Å². The van der Waals surface area contributed by atoms with Crippen molar-refractivity contribution in [2.24, 2.45) is 0 Å². The summed E-state index contributed by atoms with van der Waals surface area (Å²) in [5.41, 5.74) is 3.33. The van der Waals surface area contributed by atoms with Crippen molar-refractivity contribution in [3.8, 4) is 11.5 Å². The number of carboxylic acids is 1. The number of carboxylic acid groups (broad SMARTS) is 1. The third-order valence-electron chi connectivity index (χ3n) is 3.79. The summed E-state index contributed by atoms with van der Waals surface area (Å²) in [7, 11) is 0. The number of rotatable bonds is 4. The van der Waals surface area contributed by atoms with Gasteiger partial charge in [-0.3, -0.25) is 0 Å². The molecule has 0 radical (unpaired) electrons. The van der Waals surface area contributed by atoms with Crippen LogP contribution in [0.5, 0.6) is 11.5 Å². The predicted octanol–water partition coefficient (Wildman–Crippen LogP) is 3.35. The molecule has 1 aliphatic rings. The van der Waals surface area contributed by atoms with E-state index in [0.717, 1.165) is 11.1 Å². The molecule has 2 aromatic rings. The summed E-state index contributed by atoms with van der Waals surface area (Å²) < 4.78 is 11.3. The second kappa shape index (κ2) is 6.10. The van der Waals surface area contributed by atoms with Crippen LogP contribution in [0, 0.1) is 6.92 Å². The highest BCUT2D eigenvalue weighted by molar-refractivity contribution is 5.73. The first-order valence-corrected chi connectivity index (χ1v) is 7.32.